The predicted molar refractivity (Wildman–Crippen MR) is 269 cm³/mol. The first-order chi connectivity index (χ1) is 30.4. The zero-order valence-electron chi connectivity index (χ0n) is 43.1. The molecule has 380 valence electrons. The number of hydrogen-bond acceptors (Lipinski definition) is 12. The molecule has 0 radical (unpaired) electrons. The molecule has 3 saturated heterocycles. The Morgan fingerprint density at radius 1 is 0.864 bits per heavy atom. The molecule has 3 fully saturated rings. The Morgan fingerprint density at radius 2 is 1.48 bits per heavy atom. The Bertz CT molecular complexity index is 1940. The van der Waals surface area contributed by atoms with Crippen LogP contribution in [0.5, 0.6) is 0 Å². The fourth-order valence-corrected chi connectivity index (χ4v) is 13.5. The highest BCUT2D eigenvalue weighted by Gasteiger charge is 2.49. The molecule has 4 rings (SSSR count). The van der Waals surface area contributed by atoms with Crippen molar-refractivity contribution in [3.63, 3.8) is 0 Å². The van der Waals surface area contributed by atoms with E-state index in [4.69, 9.17) is 36.7 Å². The van der Waals surface area contributed by atoms with Gasteiger partial charge < -0.3 is 32.5 Å². The van der Waals surface area contributed by atoms with Gasteiger partial charge in [-0.3, -0.25) is 4.18 Å². The molecule has 12 nitrogen and oxygen atoms in total. The molecule has 1 unspecified atom stereocenters. The van der Waals surface area contributed by atoms with E-state index < -0.39 is 66.9 Å². The second-order valence-corrected chi connectivity index (χ2v) is 35.6. The lowest BCUT2D eigenvalue weighted by molar-refractivity contribution is -0.0588. The van der Waals surface area contributed by atoms with Gasteiger partial charge >= 0.3 is 0 Å². The minimum atomic E-state index is -3.75. The lowest BCUT2D eigenvalue weighted by Crippen LogP contribution is -2.49. The summed E-state index contributed by atoms with van der Waals surface area (Å²) in [4.78, 5) is 0.281. The number of allylic oxidation sites excluding steroid dienone is 1. The van der Waals surface area contributed by atoms with Crippen LogP contribution in [0.3, 0.4) is 0 Å². The van der Waals surface area contributed by atoms with E-state index in [-0.39, 0.29) is 51.2 Å². The van der Waals surface area contributed by atoms with Gasteiger partial charge in [0, 0.05) is 25.9 Å². The van der Waals surface area contributed by atoms with E-state index in [1.807, 2.05) is 26.0 Å². The monoisotopic (exact) mass is 1000 g/mol. The van der Waals surface area contributed by atoms with E-state index in [2.05, 4.69) is 80.9 Å². The average Bonchev–Trinajstić information content (AvgIpc) is 3.94. The van der Waals surface area contributed by atoms with Crippen molar-refractivity contribution in [1.29, 1.82) is 0 Å². The van der Waals surface area contributed by atoms with Gasteiger partial charge in [0.25, 0.3) is 10.1 Å². The van der Waals surface area contributed by atoms with Gasteiger partial charge in [0.1, 0.15) is 0 Å². The van der Waals surface area contributed by atoms with Crippen LogP contribution >= 0.6 is 0 Å². The molecule has 0 spiro atoms. The molecule has 66 heavy (non-hydrogen) atoms. The van der Waals surface area contributed by atoms with Crippen molar-refractivity contribution in [3.05, 3.63) is 54.1 Å². The topological polar surface area (TPSA) is 142 Å². The van der Waals surface area contributed by atoms with Gasteiger partial charge in [-0.1, -0.05) is 86.3 Å². The number of ether oxygens (including phenoxy) is 5. The molecule has 3 aliphatic heterocycles. The molecular weight excluding hydrogens is 913 g/mol. The smallest absolute Gasteiger partial charge is 0.264 e. The highest BCUT2D eigenvalue weighted by Crippen LogP contribution is 2.43. The van der Waals surface area contributed by atoms with Crippen LogP contribution in [-0.2, 0) is 63.1 Å². The lowest BCUT2D eigenvalue weighted by Gasteiger charge is -2.42. The zero-order valence-corrected chi connectivity index (χ0v) is 46.7. The number of sulfone groups is 1. The summed E-state index contributed by atoms with van der Waals surface area (Å²) in [5.74, 6) is -0.722. The number of benzene rings is 1. The number of hydrogen-bond donors (Lipinski definition) is 0. The minimum Gasteiger partial charge on any atom is -0.414 e. The van der Waals surface area contributed by atoms with Gasteiger partial charge in [0.05, 0.1) is 79.5 Å². The van der Waals surface area contributed by atoms with Gasteiger partial charge in [-0.05, 0) is 117 Å². The van der Waals surface area contributed by atoms with Crippen molar-refractivity contribution in [2.45, 2.75) is 210 Å². The fourth-order valence-electron chi connectivity index (χ4n) is 8.76. The number of aryl methyl sites for hydroxylation is 1. The van der Waals surface area contributed by atoms with Crippen molar-refractivity contribution in [2.75, 3.05) is 38.9 Å². The van der Waals surface area contributed by atoms with E-state index >= 15 is 0 Å². The van der Waals surface area contributed by atoms with Crippen LogP contribution in [0, 0.1) is 11.8 Å². The molecule has 0 saturated carbocycles. The number of methoxy groups -OCH3 is 1. The largest absolute Gasteiger partial charge is 0.414 e. The van der Waals surface area contributed by atoms with E-state index in [9.17, 15) is 16.8 Å². The summed E-state index contributed by atoms with van der Waals surface area (Å²) in [5, 5.41) is -0.0371. The van der Waals surface area contributed by atoms with Crippen LogP contribution in [0.15, 0.2) is 53.5 Å². The Kier molecular flexibility index (Phi) is 20.6. The molecule has 1 aromatic rings. The Labute approximate surface area is 402 Å². The van der Waals surface area contributed by atoms with Gasteiger partial charge in [-0.25, -0.2) is 8.42 Å². The van der Waals surface area contributed by atoms with Crippen molar-refractivity contribution in [3.8, 4) is 0 Å². The van der Waals surface area contributed by atoms with E-state index in [0.29, 0.717) is 58.3 Å². The van der Waals surface area contributed by atoms with Crippen molar-refractivity contribution < 1.29 is 53.6 Å². The molecule has 16 heteroatoms. The van der Waals surface area contributed by atoms with Gasteiger partial charge in [0.2, 0.25) is 0 Å². The molecule has 0 aliphatic carbocycles. The van der Waals surface area contributed by atoms with E-state index in [0.717, 1.165) is 48.6 Å². The van der Waals surface area contributed by atoms with Crippen molar-refractivity contribution in [2.24, 2.45) is 11.8 Å². The normalized spacial score (nSPS) is 25.4. The Hall–Kier alpha value is -1.29. The third-order valence-electron chi connectivity index (χ3n) is 15.0. The summed E-state index contributed by atoms with van der Waals surface area (Å²) in [6, 6.07) is 7.15. The third kappa shape index (κ3) is 16.7. The second kappa shape index (κ2) is 23.8. The molecule has 3 aliphatic rings. The van der Waals surface area contributed by atoms with Crippen LogP contribution in [0.1, 0.15) is 119 Å². The van der Waals surface area contributed by atoms with E-state index in [1.165, 1.54) is 0 Å². The maximum atomic E-state index is 14.2. The van der Waals surface area contributed by atoms with Crippen LogP contribution in [-0.4, -0.2) is 121 Å². The first-order valence-corrected chi connectivity index (χ1v) is 33.7. The summed E-state index contributed by atoms with van der Waals surface area (Å²) < 4.78 is 104. The zero-order chi connectivity index (χ0) is 49.5. The Balaban J connectivity index is 1.52. The number of rotatable bonds is 26. The Morgan fingerprint density at radius 3 is 2.05 bits per heavy atom. The lowest BCUT2D eigenvalue weighted by atomic mass is 9.88. The fraction of sp³-hybridized carbons (Fsp3) is 0.800. The van der Waals surface area contributed by atoms with Crippen LogP contribution in [0.25, 0.3) is 0 Å². The molecule has 9 atom stereocenters. The molecule has 0 bridgehead atoms. The average molecular weight is 1000 g/mol. The predicted octanol–water partition coefficient (Wildman–Crippen LogP) is 10.6. The van der Waals surface area contributed by atoms with Crippen LogP contribution in [0.2, 0.25) is 36.3 Å². The molecule has 1 aromatic carbocycles. The second-order valence-electron chi connectivity index (χ2n) is 22.4. The molecule has 0 N–H and O–H groups in total. The van der Waals surface area contributed by atoms with Crippen molar-refractivity contribution >= 4 is 36.6 Å². The first kappa shape index (κ1) is 57.3. The summed E-state index contributed by atoms with van der Waals surface area (Å²) in [6.45, 7) is 36.8. The summed E-state index contributed by atoms with van der Waals surface area (Å²) in [7, 11) is -10.3. The maximum absolute atomic E-state index is 14.2. The highest BCUT2D eigenvalue weighted by atomic mass is 32.2. The summed E-state index contributed by atoms with van der Waals surface area (Å²) in [6.07, 6.45) is 4.55. The minimum absolute atomic E-state index is 0.00772. The van der Waals surface area contributed by atoms with Crippen molar-refractivity contribution in [1.82, 2.24) is 0 Å². The molecule has 3 heterocycles. The molecule has 0 aromatic heterocycles. The van der Waals surface area contributed by atoms with Gasteiger partial charge in [-0.15, -0.1) is 0 Å². The molecule has 0 amide bonds. The van der Waals surface area contributed by atoms with Gasteiger partial charge in [0.15, 0.2) is 32.8 Å². The van der Waals surface area contributed by atoms with Crippen LogP contribution < -0.4 is 0 Å². The first-order valence-electron chi connectivity index (χ1n) is 24.4. The summed E-state index contributed by atoms with van der Waals surface area (Å²) >= 11 is 0. The molecular formula is C50H88O12S2Si2. The van der Waals surface area contributed by atoms with Gasteiger partial charge in [-0.2, -0.15) is 8.42 Å². The standard InChI is InChI=1S/C50H88O12S2Si2/c1-17-38-19-23-42(24-20-38)64(53,54)34-43-45(60-46(48(43)55-11)32-41(62-66(15,16)50(8,9)10)33-58-65(13,14)49(5,6)7)25-18-35(2)36(3)30-40(61-63(12,51)52)21-26-44-37(4)31-39(59-44)22-27-47-56-28-29-57-47/h19-20,23-24,36,39-41,43-48H,2,4,17-18,21-22,25-34H2,1,3,5-16H3/t36-,39-,40+,41-,43-,44-,45-,46+,48?/m0/s1. The quantitative estimate of drug-likeness (QED) is 0.0495. The maximum Gasteiger partial charge on any atom is 0.264 e. The van der Waals surface area contributed by atoms with E-state index in [1.54, 1.807) is 19.2 Å². The highest BCUT2D eigenvalue weighted by molar-refractivity contribution is 7.91. The summed E-state index contributed by atoms with van der Waals surface area (Å²) in [5.41, 5.74) is 2.98. The van der Waals surface area contributed by atoms with Crippen LogP contribution in [0.4, 0.5) is 0 Å². The third-order valence-corrected chi connectivity index (χ3v) is 26.5. The SMILES string of the molecule is C=C1C[C@H](CCC2OCCO2)O[C@H]1CC[C@H](C[C@H](C)C(=C)CC[C@@H]1O[C@H](C[C@@H](CO[Si](C)(C)C(C)(C)C)O[Si](C)(C)C(C)(C)C)C(OC)[C@H]1CS(=O)(=O)c1ccc(CC)cc1)OS(C)(=O)=O.